The molecular weight excluding hydrogens is 289 g/mol. The van der Waals surface area contributed by atoms with E-state index in [1.165, 1.54) is 6.07 Å². The molecule has 0 aliphatic carbocycles. The maximum absolute atomic E-state index is 13.7. The highest BCUT2D eigenvalue weighted by atomic mass is 19.1. The molecule has 5 nitrogen and oxygen atoms in total. The molecular formula is C13H9F3N2O3. The van der Waals surface area contributed by atoms with Gasteiger partial charge in [0.1, 0.15) is 11.6 Å². The standard InChI is InChI=1S/C13H9F3N2O3/c14-8-1-2-12(7(3-8)6-17)21-13-5-9(15)11(18(19)20)4-10(13)16/h1-5H,6,17H2. The topological polar surface area (TPSA) is 78.4 Å². The quantitative estimate of drug-likeness (QED) is 0.694. The maximum Gasteiger partial charge on any atom is 0.307 e. The van der Waals surface area contributed by atoms with E-state index in [2.05, 4.69) is 0 Å². The van der Waals surface area contributed by atoms with Crippen LogP contribution in [0.15, 0.2) is 30.3 Å². The van der Waals surface area contributed by atoms with Crippen LogP contribution < -0.4 is 10.5 Å². The minimum absolute atomic E-state index is 0.0334. The molecule has 8 heteroatoms. The van der Waals surface area contributed by atoms with Crippen LogP contribution in [0.5, 0.6) is 11.5 Å². The maximum atomic E-state index is 13.7. The van der Waals surface area contributed by atoms with Gasteiger partial charge in [-0.2, -0.15) is 4.39 Å². The third-order valence-corrected chi connectivity index (χ3v) is 2.66. The van der Waals surface area contributed by atoms with Crippen molar-refractivity contribution >= 4 is 5.69 Å². The van der Waals surface area contributed by atoms with Crippen molar-refractivity contribution in [2.24, 2.45) is 5.73 Å². The summed E-state index contributed by atoms with van der Waals surface area (Å²) in [6, 6.07) is 4.33. The Kier molecular flexibility index (Phi) is 4.08. The van der Waals surface area contributed by atoms with Crippen LogP contribution in [0.25, 0.3) is 0 Å². The number of hydrogen-bond acceptors (Lipinski definition) is 4. The van der Waals surface area contributed by atoms with Crippen LogP contribution in [-0.4, -0.2) is 4.92 Å². The van der Waals surface area contributed by atoms with Gasteiger partial charge in [-0.15, -0.1) is 0 Å². The average molecular weight is 298 g/mol. The molecule has 0 fully saturated rings. The molecule has 0 saturated heterocycles. The van der Waals surface area contributed by atoms with Crippen molar-refractivity contribution < 1.29 is 22.8 Å². The van der Waals surface area contributed by atoms with Crippen molar-refractivity contribution in [1.82, 2.24) is 0 Å². The van der Waals surface area contributed by atoms with Gasteiger partial charge >= 0.3 is 5.69 Å². The number of nitro benzene ring substituents is 1. The van der Waals surface area contributed by atoms with E-state index in [1.54, 1.807) is 0 Å². The Balaban J connectivity index is 2.41. The summed E-state index contributed by atoms with van der Waals surface area (Å²) in [5, 5.41) is 10.5. The molecule has 0 aliphatic heterocycles. The molecule has 2 aromatic rings. The van der Waals surface area contributed by atoms with Crippen molar-refractivity contribution in [3.63, 3.8) is 0 Å². The third kappa shape index (κ3) is 3.11. The summed E-state index contributed by atoms with van der Waals surface area (Å²) >= 11 is 0. The molecule has 0 atom stereocenters. The highest BCUT2D eigenvalue weighted by molar-refractivity contribution is 5.43. The van der Waals surface area contributed by atoms with Gasteiger partial charge in [-0.1, -0.05) is 0 Å². The first-order valence-electron chi connectivity index (χ1n) is 5.72. The lowest BCUT2D eigenvalue weighted by Crippen LogP contribution is -2.02. The molecule has 2 aromatic carbocycles. The van der Waals surface area contributed by atoms with E-state index in [-0.39, 0.29) is 17.9 Å². The van der Waals surface area contributed by atoms with E-state index in [0.29, 0.717) is 12.1 Å². The number of nitrogens with two attached hydrogens (primary N) is 1. The largest absolute Gasteiger partial charge is 0.454 e. The molecule has 0 radical (unpaired) electrons. The van der Waals surface area contributed by atoms with Crippen molar-refractivity contribution in [2.75, 3.05) is 0 Å². The van der Waals surface area contributed by atoms with Crippen LogP contribution >= 0.6 is 0 Å². The molecule has 0 heterocycles. The average Bonchev–Trinajstić information content (AvgIpc) is 2.43. The van der Waals surface area contributed by atoms with Gasteiger partial charge in [-0.05, 0) is 18.2 Å². The molecule has 0 aliphatic rings. The first kappa shape index (κ1) is 14.8. The zero-order chi connectivity index (χ0) is 15.6. The van der Waals surface area contributed by atoms with Crippen molar-refractivity contribution in [3.05, 3.63) is 63.5 Å². The smallest absolute Gasteiger partial charge is 0.307 e. The Labute approximate surface area is 116 Å². The number of hydrogen-bond donors (Lipinski definition) is 1. The Hall–Kier alpha value is -2.61. The normalized spacial score (nSPS) is 10.5. The van der Waals surface area contributed by atoms with E-state index in [9.17, 15) is 23.3 Å². The van der Waals surface area contributed by atoms with E-state index in [1.807, 2.05) is 0 Å². The molecule has 110 valence electrons. The first-order chi connectivity index (χ1) is 9.92. The lowest BCUT2D eigenvalue weighted by molar-refractivity contribution is -0.387. The molecule has 0 bridgehead atoms. The summed E-state index contributed by atoms with van der Waals surface area (Å²) in [5.74, 6) is -3.44. The SMILES string of the molecule is NCc1cc(F)ccc1Oc1cc(F)c([N+](=O)[O-])cc1F. The molecule has 0 unspecified atom stereocenters. The number of nitrogens with zero attached hydrogens (tertiary/aromatic N) is 1. The molecule has 0 amide bonds. The van der Waals surface area contributed by atoms with Gasteiger partial charge < -0.3 is 10.5 Å². The van der Waals surface area contributed by atoms with E-state index >= 15 is 0 Å². The van der Waals surface area contributed by atoms with Crippen LogP contribution in [-0.2, 0) is 6.54 Å². The third-order valence-electron chi connectivity index (χ3n) is 2.66. The van der Waals surface area contributed by atoms with Gasteiger partial charge in [0.05, 0.1) is 11.0 Å². The van der Waals surface area contributed by atoms with E-state index in [4.69, 9.17) is 10.5 Å². The Morgan fingerprint density at radius 3 is 2.43 bits per heavy atom. The summed E-state index contributed by atoms with van der Waals surface area (Å²) in [5.41, 5.74) is 4.64. The zero-order valence-corrected chi connectivity index (χ0v) is 10.5. The molecule has 2 rings (SSSR count). The monoisotopic (exact) mass is 298 g/mol. The Morgan fingerprint density at radius 1 is 1.10 bits per heavy atom. The van der Waals surface area contributed by atoms with Crippen molar-refractivity contribution in [3.8, 4) is 11.5 Å². The molecule has 21 heavy (non-hydrogen) atoms. The summed E-state index contributed by atoms with van der Waals surface area (Å²) in [6.45, 7) is -0.0792. The second kappa shape index (κ2) is 5.80. The van der Waals surface area contributed by atoms with Crippen LogP contribution in [0.2, 0.25) is 0 Å². The Bertz CT molecular complexity index is 707. The fourth-order valence-electron chi connectivity index (χ4n) is 1.66. The lowest BCUT2D eigenvalue weighted by atomic mass is 10.2. The zero-order valence-electron chi connectivity index (χ0n) is 10.5. The summed E-state index contributed by atoms with van der Waals surface area (Å²) in [7, 11) is 0. The molecule has 2 N–H and O–H groups in total. The van der Waals surface area contributed by atoms with Crippen molar-refractivity contribution in [1.29, 1.82) is 0 Å². The van der Waals surface area contributed by atoms with Gasteiger partial charge in [-0.25, -0.2) is 8.78 Å². The molecule has 0 spiro atoms. The van der Waals surface area contributed by atoms with Gasteiger partial charge in [0.25, 0.3) is 0 Å². The predicted molar refractivity (Wildman–Crippen MR) is 67.4 cm³/mol. The van der Waals surface area contributed by atoms with Gasteiger partial charge in [0.2, 0.25) is 5.82 Å². The summed E-state index contributed by atoms with van der Waals surface area (Å²) < 4.78 is 45.3. The lowest BCUT2D eigenvalue weighted by Gasteiger charge is -2.11. The van der Waals surface area contributed by atoms with E-state index in [0.717, 1.165) is 12.1 Å². The highest BCUT2D eigenvalue weighted by Crippen LogP contribution is 2.31. The van der Waals surface area contributed by atoms with Crippen LogP contribution in [0.1, 0.15) is 5.56 Å². The number of ether oxygens (including phenoxy) is 1. The van der Waals surface area contributed by atoms with Crippen molar-refractivity contribution in [2.45, 2.75) is 6.54 Å². The van der Waals surface area contributed by atoms with Crippen LogP contribution in [0.4, 0.5) is 18.9 Å². The minimum Gasteiger partial charge on any atom is -0.454 e. The summed E-state index contributed by atoms with van der Waals surface area (Å²) in [4.78, 5) is 9.43. The first-order valence-corrected chi connectivity index (χ1v) is 5.72. The number of nitro groups is 1. The number of rotatable bonds is 4. The van der Waals surface area contributed by atoms with Gasteiger partial charge in [0.15, 0.2) is 11.6 Å². The molecule has 0 saturated carbocycles. The number of halogens is 3. The van der Waals surface area contributed by atoms with Gasteiger partial charge in [0, 0.05) is 18.2 Å². The second-order valence-electron chi connectivity index (χ2n) is 4.05. The second-order valence-corrected chi connectivity index (χ2v) is 4.05. The molecule has 0 aromatic heterocycles. The van der Waals surface area contributed by atoms with Crippen LogP contribution in [0.3, 0.4) is 0 Å². The number of benzene rings is 2. The highest BCUT2D eigenvalue weighted by Gasteiger charge is 2.20. The van der Waals surface area contributed by atoms with E-state index < -0.39 is 33.8 Å². The summed E-state index contributed by atoms with van der Waals surface area (Å²) in [6.07, 6.45) is 0. The van der Waals surface area contributed by atoms with Gasteiger partial charge in [-0.3, -0.25) is 10.1 Å². The fraction of sp³-hybridized carbons (Fsp3) is 0.0769. The predicted octanol–water partition coefficient (Wildman–Crippen LogP) is 3.26. The Morgan fingerprint density at radius 2 is 1.81 bits per heavy atom. The fourth-order valence-corrected chi connectivity index (χ4v) is 1.66. The minimum atomic E-state index is -1.24. The van der Waals surface area contributed by atoms with Crippen LogP contribution in [0, 0.1) is 27.6 Å².